The van der Waals surface area contributed by atoms with E-state index in [1.165, 1.54) is 6.08 Å². The smallest absolute Gasteiger partial charge is 0.338 e. The van der Waals surface area contributed by atoms with Gasteiger partial charge in [0, 0.05) is 6.42 Å². The zero-order chi connectivity index (χ0) is 12.0. The van der Waals surface area contributed by atoms with Gasteiger partial charge >= 0.3 is 5.97 Å². The molecule has 3 nitrogen and oxygen atoms in total. The molecule has 0 aromatic heterocycles. The van der Waals surface area contributed by atoms with E-state index >= 15 is 0 Å². The number of allylic oxidation sites excluding steroid dienone is 1. The summed E-state index contributed by atoms with van der Waals surface area (Å²) in [7, 11) is 0. The van der Waals surface area contributed by atoms with E-state index in [4.69, 9.17) is 10.4 Å². The highest BCUT2D eigenvalue weighted by molar-refractivity contribution is 5.72. The van der Waals surface area contributed by atoms with Crippen molar-refractivity contribution >= 4 is 12.0 Å². The van der Waals surface area contributed by atoms with Crippen molar-refractivity contribution in [3.05, 3.63) is 41.5 Å². The van der Waals surface area contributed by atoms with Crippen LogP contribution in [0.4, 0.5) is 4.39 Å². The molecule has 0 spiro atoms. The van der Waals surface area contributed by atoms with Crippen LogP contribution in [0.15, 0.2) is 30.3 Å². The van der Waals surface area contributed by atoms with Crippen LogP contribution in [0.5, 0.6) is 0 Å². The van der Waals surface area contributed by atoms with Crippen molar-refractivity contribution in [2.45, 2.75) is 12.6 Å². The number of hydrogen-bond donors (Lipinski definition) is 1. The first kappa shape index (κ1) is 11.9. The molecule has 4 heteroatoms. The number of aliphatic carboxylic acids is 1. The number of halogens is 1. The van der Waals surface area contributed by atoms with Gasteiger partial charge in [-0.15, -0.1) is 0 Å². The summed E-state index contributed by atoms with van der Waals surface area (Å²) in [5.41, 5.74) is 1.26. The van der Waals surface area contributed by atoms with Crippen LogP contribution in [0.3, 0.4) is 0 Å². The Hall–Kier alpha value is -2.15. The predicted molar refractivity (Wildman–Crippen MR) is 57.3 cm³/mol. The lowest BCUT2D eigenvalue weighted by Gasteiger charge is -1.97. The lowest BCUT2D eigenvalue weighted by atomic mass is 10.1. The van der Waals surface area contributed by atoms with Gasteiger partial charge in [-0.25, -0.2) is 9.18 Å². The number of carbonyl (C=O) groups is 1. The van der Waals surface area contributed by atoms with Gasteiger partial charge in [0.05, 0.1) is 11.6 Å². The monoisotopic (exact) mass is 219 g/mol. The molecule has 0 radical (unpaired) electrons. The molecule has 1 atom stereocenters. The van der Waals surface area contributed by atoms with Gasteiger partial charge in [-0.2, -0.15) is 5.26 Å². The van der Waals surface area contributed by atoms with Crippen molar-refractivity contribution in [2.75, 3.05) is 0 Å². The standard InChI is InChI=1S/C12H10FNO2/c13-11(12(15)16)6-2-4-9-3-1-5-10(7-9)8-14/h1-5,7,11H,6H2,(H,15,16)/b4-2+. The number of carboxylic acids is 1. The second-order valence-electron chi connectivity index (χ2n) is 3.18. The van der Waals surface area contributed by atoms with Crippen molar-refractivity contribution in [1.29, 1.82) is 5.26 Å². The molecule has 0 aliphatic rings. The van der Waals surface area contributed by atoms with E-state index < -0.39 is 12.1 Å². The average Bonchev–Trinajstić information content (AvgIpc) is 2.29. The third-order valence-electron chi connectivity index (χ3n) is 1.94. The number of nitrogens with zero attached hydrogens (tertiary/aromatic N) is 1. The molecule has 1 aromatic carbocycles. The quantitative estimate of drug-likeness (QED) is 0.845. The topological polar surface area (TPSA) is 61.1 Å². The van der Waals surface area contributed by atoms with Crippen molar-refractivity contribution in [1.82, 2.24) is 0 Å². The minimum Gasteiger partial charge on any atom is -0.479 e. The first-order valence-electron chi connectivity index (χ1n) is 4.67. The molecule has 1 aromatic rings. The molecule has 1 N–H and O–H groups in total. The largest absolute Gasteiger partial charge is 0.479 e. The van der Waals surface area contributed by atoms with Gasteiger partial charge < -0.3 is 5.11 Å². The number of carboxylic acid groups (broad SMARTS) is 1. The molecule has 0 saturated carbocycles. The molecule has 0 amide bonds. The summed E-state index contributed by atoms with van der Waals surface area (Å²) in [6.07, 6.45) is 0.980. The summed E-state index contributed by atoms with van der Waals surface area (Å²) in [5.74, 6) is -1.46. The van der Waals surface area contributed by atoms with Crippen LogP contribution >= 0.6 is 0 Å². The Kier molecular flexibility index (Phi) is 4.22. The zero-order valence-corrected chi connectivity index (χ0v) is 8.43. The summed E-state index contributed by atoms with van der Waals surface area (Å²) in [6.45, 7) is 0. The Morgan fingerprint density at radius 2 is 2.38 bits per heavy atom. The van der Waals surface area contributed by atoms with E-state index in [9.17, 15) is 9.18 Å². The highest BCUT2D eigenvalue weighted by Crippen LogP contribution is 2.08. The summed E-state index contributed by atoms with van der Waals surface area (Å²) in [6, 6.07) is 8.75. The average molecular weight is 219 g/mol. The fourth-order valence-electron chi connectivity index (χ4n) is 1.14. The summed E-state index contributed by atoms with van der Waals surface area (Å²) in [5, 5.41) is 16.9. The number of hydrogen-bond acceptors (Lipinski definition) is 2. The highest BCUT2D eigenvalue weighted by Gasteiger charge is 2.12. The van der Waals surface area contributed by atoms with Crippen molar-refractivity contribution in [3.8, 4) is 6.07 Å². The summed E-state index contributed by atoms with van der Waals surface area (Å²) in [4.78, 5) is 10.2. The fourth-order valence-corrected chi connectivity index (χ4v) is 1.14. The SMILES string of the molecule is N#Cc1cccc(/C=C/CC(F)C(=O)O)c1. The van der Waals surface area contributed by atoms with E-state index in [1.807, 2.05) is 6.07 Å². The zero-order valence-electron chi connectivity index (χ0n) is 8.43. The molecule has 82 valence electrons. The van der Waals surface area contributed by atoms with Gasteiger partial charge in [0.2, 0.25) is 6.17 Å². The Labute approximate surface area is 92.4 Å². The first-order valence-corrected chi connectivity index (χ1v) is 4.67. The Balaban J connectivity index is 2.63. The molecule has 16 heavy (non-hydrogen) atoms. The van der Waals surface area contributed by atoms with Gasteiger partial charge in [0.1, 0.15) is 0 Å². The van der Waals surface area contributed by atoms with E-state index in [0.29, 0.717) is 5.56 Å². The Morgan fingerprint density at radius 3 is 3.00 bits per heavy atom. The molecule has 0 aliphatic carbocycles. The molecule has 1 rings (SSSR count). The molecule has 0 fully saturated rings. The van der Waals surface area contributed by atoms with Gasteiger partial charge in [-0.1, -0.05) is 24.3 Å². The second-order valence-corrected chi connectivity index (χ2v) is 3.18. The summed E-state index contributed by atoms with van der Waals surface area (Å²) < 4.78 is 12.7. The molecule has 0 saturated heterocycles. The fraction of sp³-hybridized carbons (Fsp3) is 0.167. The molecule has 0 bridgehead atoms. The van der Waals surface area contributed by atoms with E-state index in [1.54, 1.807) is 30.3 Å². The van der Waals surface area contributed by atoms with Crippen molar-refractivity contribution in [3.63, 3.8) is 0 Å². The van der Waals surface area contributed by atoms with Gasteiger partial charge in [0.25, 0.3) is 0 Å². The number of benzene rings is 1. The maximum Gasteiger partial charge on any atom is 0.338 e. The minimum atomic E-state index is -1.88. The van der Waals surface area contributed by atoms with Gasteiger partial charge in [-0.3, -0.25) is 0 Å². The normalized spacial score (nSPS) is 12.2. The lowest BCUT2D eigenvalue weighted by Crippen LogP contribution is -2.12. The van der Waals surface area contributed by atoms with E-state index in [2.05, 4.69) is 0 Å². The maximum atomic E-state index is 12.7. The lowest BCUT2D eigenvalue weighted by molar-refractivity contribution is -0.142. The number of nitriles is 1. The number of alkyl halides is 1. The number of rotatable bonds is 4. The molecule has 0 aliphatic heterocycles. The van der Waals surface area contributed by atoms with Gasteiger partial charge in [0.15, 0.2) is 0 Å². The van der Waals surface area contributed by atoms with Crippen LogP contribution in [0.1, 0.15) is 17.5 Å². The predicted octanol–water partition coefficient (Wildman–Crippen LogP) is 2.38. The molecule has 1 unspecified atom stereocenters. The first-order chi connectivity index (χ1) is 7.63. The maximum absolute atomic E-state index is 12.7. The molecular weight excluding hydrogens is 209 g/mol. The molecule has 0 heterocycles. The van der Waals surface area contributed by atoms with E-state index in [-0.39, 0.29) is 6.42 Å². The van der Waals surface area contributed by atoms with Crippen LogP contribution in [-0.2, 0) is 4.79 Å². The highest BCUT2D eigenvalue weighted by atomic mass is 19.1. The summed E-state index contributed by atoms with van der Waals surface area (Å²) >= 11 is 0. The van der Waals surface area contributed by atoms with Gasteiger partial charge in [-0.05, 0) is 17.7 Å². The Bertz CT molecular complexity index is 449. The van der Waals surface area contributed by atoms with Crippen LogP contribution < -0.4 is 0 Å². The van der Waals surface area contributed by atoms with Crippen LogP contribution in [-0.4, -0.2) is 17.2 Å². The van der Waals surface area contributed by atoms with E-state index in [0.717, 1.165) is 5.56 Å². The minimum absolute atomic E-state index is 0.174. The van der Waals surface area contributed by atoms with Crippen molar-refractivity contribution < 1.29 is 14.3 Å². The third kappa shape index (κ3) is 3.54. The van der Waals surface area contributed by atoms with Crippen LogP contribution in [0.25, 0.3) is 6.08 Å². The van der Waals surface area contributed by atoms with Crippen LogP contribution in [0, 0.1) is 11.3 Å². The van der Waals surface area contributed by atoms with Crippen molar-refractivity contribution in [2.24, 2.45) is 0 Å². The second kappa shape index (κ2) is 5.66. The van der Waals surface area contributed by atoms with Crippen LogP contribution in [0.2, 0.25) is 0 Å². The Morgan fingerprint density at radius 1 is 1.62 bits per heavy atom. The third-order valence-corrected chi connectivity index (χ3v) is 1.94. The molecular formula is C12H10FNO2.